The van der Waals surface area contributed by atoms with E-state index in [1.54, 1.807) is 0 Å². The van der Waals surface area contributed by atoms with Crippen molar-refractivity contribution >= 4 is 5.97 Å². The van der Waals surface area contributed by atoms with Crippen LogP contribution in [0, 0.1) is 17.8 Å². The predicted molar refractivity (Wildman–Crippen MR) is 72.5 cm³/mol. The van der Waals surface area contributed by atoms with Crippen LogP contribution in [-0.4, -0.2) is 23.2 Å². The van der Waals surface area contributed by atoms with Crippen LogP contribution in [0.5, 0.6) is 0 Å². The Balaban J connectivity index is 1.85. The van der Waals surface area contributed by atoms with E-state index in [-0.39, 0.29) is 12.0 Å². The molecule has 2 aliphatic carbocycles. The lowest BCUT2D eigenvalue weighted by Crippen LogP contribution is -2.47. The normalized spacial score (nSPS) is 35.9. The predicted octanol–water partition coefficient (Wildman–Crippen LogP) is 3.04. The molecule has 2 saturated carbocycles. The number of fused-ring (bicyclic) bond motifs is 2. The molecule has 0 aliphatic heterocycles. The number of unbranched alkanes of at least 4 members (excludes halogenated alkanes) is 2. The van der Waals surface area contributed by atoms with E-state index in [1.807, 2.05) is 0 Å². The van der Waals surface area contributed by atoms with Crippen molar-refractivity contribution in [2.24, 2.45) is 17.8 Å². The summed E-state index contributed by atoms with van der Waals surface area (Å²) in [4.78, 5) is 11.4. The molecule has 0 saturated heterocycles. The van der Waals surface area contributed by atoms with E-state index in [0.29, 0.717) is 17.9 Å². The molecule has 0 amide bonds. The Labute approximate surface area is 110 Å². The fourth-order valence-corrected chi connectivity index (χ4v) is 4.00. The largest absolute Gasteiger partial charge is 0.481 e. The van der Waals surface area contributed by atoms with E-state index in [0.717, 1.165) is 12.8 Å². The molecule has 5 atom stereocenters. The van der Waals surface area contributed by atoms with Gasteiger partial charge in [0.2, 0.25) is 0 Å². The van der Waals surface area contributed by atoms with Crippen LogP contribution in [0.3, 0.4) is 0 Å². The van der Waals surface area contributed by atoms with Gasteiger partial charge in [-0.1, -0.05) is 26.2 Å². The van der Waals surface area contributed by atoms with Crippen molar-refractivity contribution in [1.82, 2.24) is 5.32 Å². The van der Waals surface area contributed by atoms with E-state index < -0.39 is 5.97 Å². The molecule has 18 heavy (non-hydrogen) atoms. The Morgan fingerprint density at radius 3 is 2.72 bits per heavy atom. The zero-order chi connectivity index (χ0) is 13.1. The van der Waals surface area contributed by atoms with Crippen LogP contribution < -0.4 is 5.32 Å². The van der Waals surface area contributed by atoms with Crippen LogP contribution in [-0.2, 0) is 4.79 Å². The third kappa shape index (κ3) is 2.87. The molecule has 0 heterocycles. The molecule has 0 spiro atoms. The van der Waals surface area contributed by atoms with Gasteiger partial charge >= 0.3 is 5.97 Å². The van der Waals surface area contributed by atoms with E-state index >= 15 is 0 Å². The Morgan fingerprint density at radius 2 is 2.06 bits per heavy atom. The first-order valence-electron chi connectivity index (χ1n) is 7.62. The van der Waals surface area contributed by atoms with Gasteiger partial charge in [-0.25, -0.2) is 0 Å². The minimum absolute atomic E-state index is 0.127. The van der Waals surface area contributed by atoms with Gasteiger partial charge in [-0.2, -0.15) is 0 Å². The molecule has 2 rings (SSSR count). The first-order valence-corrected chi connectivity index (χ1v) is 7.62. The van der Waals surface area contributed by atoms with Gasteiger partial charge in [-0.05, 0) is 44.4 Å². The highest BCUT2D eigenvalue weighted by Crippen LogP contribution is 2.48. The maximum atomic E-state index is 11.4. The molecular formula is C15H27NO2. The smallest absolute Gasteiger partial charge is 0.308 e. The van der Waals surface area contributed by atoms with Crippen molar-refractivity contribution in [2.75, 3.05) is 0 Å². The zero-order valence-electron chi connectivity index (χ0n) is 11.7. The summed E-state index contributed by atoms with van der Waals surface area (Å²) in [6.07, 6.45) is 8.45. The van der Waals surface area contributed by atoms with Crippen LogP contribution in [0.1, 0.15) is 58.8 Å². The molecule has 3 nitrogen and oxygen atoms in total. The van der Waals surface area contributed by atoms with Crippen LogP contribution in [0.15, 0.2) is 0 Å². The summed E-state index contributed by atoms with van der Waals surface area (Å²) in [5.74, 6) is 0.343. The average Bonchev–Trinajstić information content (AvgIpc) is 2.89. The van der Waals surface area contributed by atoms with Gasteiger partial charge in [0.15, 0.2) is 0 Å². The van der Waals surface area contributed by atoms with Gasteiger partial charge in [0, 0.05) is 12.1 Å². The van der Waals surface area contributed by atoms with E-state index in [2.05, 4.69) is 19.2 Å². The lowest BCUT2D eigenvalue weighted by Gasteiger charge is -2.31. The topological polar surface area (TPSA) is 49.3 Å². The van der Waals surface area contributed by atoms with E-state index in [9.17, 15) is 9.90 Å². The van der Waals surface area contributed by atoms with Gasteiger partial charge in [0.25, 0.3) is 0 Å². The molecule has 0 aromatic heterocycles. The van der Waals surface area contributed by atoms with Crippen molar-refractivity contribution in [3.8, 4) is 0 Å². The minimum atomic E-state index is -0.583. The molecule has 0 aromatic carbocycles. The van der Waals surface area contributed by atoms with E-state index in [4.69, 9.17) is 0 Å². The van der Waals surface area contributed by atoms with Gasteiger partial charge in [0.1, 0.15) is 0 Å². The summed E-state index contributed by atoms with van der Waals surface area (Å²) >= 11 is 0. The Kier molecular flexibility index (Phi) is 4.66. The summed E-state index contributed by atoms with van der Waals surface area (Å²) in [6.45, 7) is 4.43. The summed E-state index contributed by atoms with van der Waals surface area (Å²) in [5.41, 5.74) is 0. The molecular weight excluding hydrogens is 226 g/mol. The molecule has 0 aromatic rings. The van der Waals surface area contributed by atoms with Crippen molar-refractivity contribution in [3.05, 3.63) is 0 Å². The molecule has 2 N–H and O–H groups in total. The van der Waals surface area contributed by atoms with Gasteiger partial charge < -0.3 is 10.4 Å². The zero-order valence-corrected chi connectivity index (χ0v) is 11.7. The van der Waals surface area contributed by atoms with Gasteiger partial charge in [-0.3, -0.25) is 4.79 Å². The highest BCUT2D eigenvalue weighted by atomic mass is 16.4. The summed E-state index contributed by atoms with van der Waals surface area (Å²) in [5, 5.41) is 13.0. The summed E-state index contributed by atoms with van der Waals surface area (Å²) < 4.78 is 0. The number of carboxylic acids is 1. The fraction of sp³-hybridized carbons (Fsp3) is 0.933. The fourth-order valence-electron chi connectivity index (χ4n) is 4.00. The lowest BCUT2D eigenvalue weighted by atomic mass is 9.84. The van der Waals surface area contributed by atoms with Crippen LogP contribution in [0.4, 0.5) is 0 Å². The first kappa shape index (κ1) is 13.9. The Bertz CT molecular complexity index is 292. The Hall–Kier alpha value is -0.570. The van der Waals surface area contributed by atoms with Gasteiger partial charge in [-0.15, -0.1) is 0 Å². The SMILES string of the molecule is CCCCCC(C)NC1C2CCC(C2)C1C(=O)O. The third-order valence-corrected chi connectivity index (χ3v) is 4.92. The van der Waals surface area contributed by atoms with Crippen molar-refractivity contribution in [1.29, 1.82) is 0 Å². The Morgan fingerprint density at radius 1 is 1.33 bits per heavy atom. The van der Waals surface area contributed by atoms with Crippen LogP contribution in [0.2, 0.25) is 0 Å². The maximum Gasteiger partial charge on any atom is 0.308 e. The van der Waals surface area contributed by atoms with Gasteiger partial charge in [0.05, 0.1) is 5.92 Å². The maximum absolute atomic E-state index is 11.4. The number of hydrogen-bond donors (Lipinski definition) is 2. The number of nitrogens with one attached hydrogen (secondary N) is 1. The van der Waals surface area contributed by atoms with Crippen molar-refractivity contribution < 1.29 is 9.90 Å². The molecule has 0 radical (unpaired) electrons. The molecule has 2 fully saturated rings. The second-order valence-electron chi connectivity index (χ2n) is 6.29. The number of carbonyl (C=O) groups is 1. The number of hydrogen-bond acceptors (Lipinski definition) is 2. The monoisotopic (exact) mass is 253 g/mol. The highest BCUT2D eigenvalue weighted by molar-refractivity contribution is 5.72. The van der Waals surface area contributed by atoms with Crippen LogP contribution >= 0.6 is 0 Å². The standard InChI is InChI=1S/C15H27NO2/c1-3-4-5-6-10(2)16-14-12-8-7-11(9-12)13(14)15(17)18/h10-14,16H,3-9H2,1-2H3,(H,17,18). The molecule has 104 valence electrons. The number of aliphatic carboxylic acids is 1. The molecule has 3 heteroatoms. The summed E-state index contributed by atoms with van der Waals surface area (Å²) in [7, 11) is 0. The summed E-state index contributed by atoms with van der Waals surface area (Å²) in [6, 6.07) is 0.695. The minimum Gasteiger partial charge on any atom is -0.481 e. The third-order valence-electron chi connectivity index (χ3n) is 4.92. The molecule has 5 unspecified atom stereocenters. The van der Waals surface area contributed by atoms with Crippen molar-refractivity contribution in [3.63, 3.8) is 0 Å². The second-order valence-corrected chi connectivity index (χ2v) is 6.29. The van der Waals surface area contributed by atoms with Crippen molar-refractivity contribution in [2.45, 2.75) is 70.9 Å². The first-order chi connectivity index (χ1) is 8.63. The number of carboxylic acid groups (broad SMARTS) is 1. The van der Waals surface area contributed by atoms with Crippen LogP contribution in [0.25, 0.3) is 0 Å². The lowest BCUT2D eigenvalue weighted by molar-refractivity contribution is -0.144. The molecule has 2 aliphatic rings. The van der Waals surface area contributed by atoms with E-state index in [1.165, 1.54) is 32.1 Å². The highest BCUT2D eigenvalue weighted by Gasteiger charge is 2.51. The average molecular weight is 253 g/mol. The molecule has 2 bridgehead atoms. The second kappa shape index (κ2) is 6.05. The quantitative estimate of drug-likeness (QED) is 0.686. The number of rotatable bonds is 7.